The van der Waals surface area contributed by atoms with Gasteiger partial charge in [0.25, 0.3) is 0 Å². The highest BCUT2D eigenvalue weighted by Gasteiger charge is 2.14. The van der Waals surface area contributed by atoms with Crippen LogP contribution in [0.5, 0.6) is 5.75 Å². The van der Waals surface area contributed by atoms with E-state index < -0.39 is 0 Å². The Labute approximate surface area is 160 Å². The molecule has 1 amide bonds. The quantitative estimate of drug-likeness (QED) is 0.357. The molecule has 0 radical (unpaired) electrons. The van der Waals surface area contributed by atoms with Crippen LogP contribution in [-0.2, 0) is 20.7 Å². The second-order valence-corrected chi connectivity index (χ2v) is 6.28. The number of aryl methyl sites for hydroxylation is 1. The summed E-state index contributed by atoms with van der Waals surface area (Å²) in [5.41, 5.74) is 3.64. The standard InChI is InChI=1S/C22H27NO4/c1-3-4-13-27-22-19(18-10-6-5-7-11-18)14-17(15-20(22)23-16-24)9-8-12-21(25)26-2/h5-7,10-11,14-16H,3-4,8-9,12-13H2,1-2H3,(H,23,24). The van der Waals surface area contributed by atoms with E-state index in [1.54, 1.807) is 0 Å². The fraction of sp³-hybridized carbons (Fsp3) is 0.364. The van der Waals surface area contributed by atoms with Crippen molar-refractivity contribution in [1.82, 2.24) is 0 Å². The molecule has 2 aromatic carbocycles. The summed E-state index contributed by atoms with van der Waals surface area (Å²) >= 11 is 0. The lowest BCUT2D eigenvalue weighted by molar-refractivity contribution is -0.140. The minimum Gasteiger partial charge on any atom is -0.491 e. The molecule has 0 atom stereocenters. The van der Waals surface area contributed by atoms with Gasteiger partial charge in [-0.05, 0) is 42.5 Å². The van der Waals surface area contributed by atoms with Gasteiger partial charge in [-0.2, -0.15) is 0 Å². The summed E-state index contributed by atoms with van der Waals surface area (Å²) < 4.78 is 10.7. The van der Waals surface area contributed by atoms with Crippen LogP contribution < -0.4 is 10.1 Å². The number of unbranched alkanes of at least 4 members (excludes halogenated alkanes) is 1. The van der Waals surface area contributed by atoms with Crippen LogP contribution in [0.4, 0.5) is 5.69 Å². The summed E-state index contributed by atoms with van der Waals surface area (Å²) in [6.45, 7) is 2.70. The topological polar surface area (TPSA) is 64.6 Å². The van der Waals surface area contributed by atoms with E-state index in [1.807, 2.05) is 36.4 Å². The fourth-order valence-corrected chi connectivity index (χ4v) is 2.85. The van der Waals surface area contributed by atoms with Gasteiger partial charge in [0.05, 0.1) is 19.4 Å². The van der Waals surface area contributed by atoms with Crippen LogP contribution >= 0.6 is 0 Å². The number of benzene rings is 2. The summed E-state index contributed by atoms with van der Waals surface area (Å²) in [4.78, 5) is 22.5. The number of anilines is 1. The van der Waals surface area contributed by atoms with Crippen molar-refractivity contribution in [3.05, 3.63) is 48.0 Å². The van der Waals surface area contributed by atoms with Gasteiger partial charge >= 0.3 is 5.97 Å². The third-order valence-electron chi connectivity index (χ3n) is 4.27. The fourth-order valence-electron chi connectivity index (χ4n) is 2.85. The van der Waals surface area contributed by atoms with Gasteiger partial charge in [-0.25, -0.2) is 0 Å². The number of carbonyl (C=O) groups excluding carboxylic acids is 2. The van der Waals surface area contributed by atoms with Crippen LogP contribution in [0, 0.1) is 0 Å². The zero-order chi connectivity index (χ0) is 19.5. The number of hydrogen-bond donors (Lipinski definition) is 1. The summed E-state index contributed by atoms with van der Waals surface area (Å²) in [5.74, 6) is 0.461. The molecule has 5 nitrogen and oxygen atoms in total. The average Bonchev–Trinajstić information content (AvgIpc) is 2.70. The van der Waals surface area contributed by atoms with Gasteiger partial charge in [0.15, 0.2) is 5.75 Å². The molecule has 5 heteroatoms. The lowest BCUT2D eigenvalue weighted by Crippen LogP contribution is -2.05. The van der Waals surface area contributed by atoms with E-state index in [-0.39, 0.29) is 5.97 Å². The molecular weight excluding hydrogens is 342 g/mol. The zero-order valence-electron chi connectivity index (χ0n) is 16.0. The summed E-state index contributed by atoms with van der Waals surface area (Å²) in [6, 6.07) is 13.9. The van der Waals surface area contributed by atoms with Crippen molar-refractivity contribution in [3.63, 3.8) is 0 Å². The molecule has 144 valence electrons. The predicted octanol–water partition coefficient (Wildman–Crippen LogP) is 4.60. The van der Waals surface area contributed by atoms with Crippen molar-refractivity contribution in [2.75, 3.05) is 19.0 Å². The Morgan fingerprint density at radius 2 is 1.93 bits per heavy atom. The maximum atomic E-state index is 11.4. The van der Waals surface area contributed by atoms with Crippen molar-refractivity contribution in [1.29, 1.82) is 0 Å². The van der Waals surface area contributed by atoms with Crippen molar-refractivity contribution in [3.8, 4) is 16.9 Å². The highest BCUT2D eigenvalue weighted by atomic mass is 16.5. The van der Waals surface area contributed by atoms with Gasteiger partial charge in [0.1, 0.15) is 0 Å². The van der Waals surface area contributed by atoms with Crippen molar-refractivity contribution < 1.29 is 19.1 Å². The number of nitrogens with one attached hydrogen (secondary N) is 1. The second-order valence-electron chi connectivity index (χ2n) is 6.28. The lowest BCUT2D eigenvalue weighted by Gasteiger charge is -2.18. The summed E-state index contributed by atoms with van der Waals surface area (Å²) in [7, 11) is 1.39. The van der Waals surface area contributed by atoms with E-state index >= 15 is 0 Å². The van der Waals surface area contributed by atoms with Crippen molar-refractivity contribution in [2.24, 2.45) is 0 Å². The molecule has 1 N–H and O–H groups in total. The number of amides is 1. The molecule has 2 aromatic rings. The highest BCUT2D eigenvalue weighted by molar-refractivity contribution is 5.84. The van der Waals surface area contributed by atoms with Crippen LogP contribution in [0.15, 0.2) is 42.5 Å². The first kappa shape index (κ1) is 20.5. The minimum absolute atomic E-state index is 0.218. The van der Waals surface area contributed by atoms with Crippen molar-refractivity contribution in [2.45, 2.75) is 39.0 Å². The molecule has 0 aliphatic carbocycles. The van der Waals surface area contributed by atoms with Crippen LogP contribution in [0.25, 0.3) is 11.1 Å². The molecule has 0 unspecified atom stereocenters. The zero-order valence-corrected chi connectivity index (χ0v) is 16.0. The first-order chi connectivity index (χ1) is 13.2. The molecule has 0 aromatic heterocycles. The Balaban J connectivity index is 2.37. The normalized spacial score (nSPS) is 10.3. The van der Waals surface area contributed by atoms with E-state index in [1.165, 1.54) is 7.11 Å². The van der Waals surface area contributed by atoms with Gasteiger partial charge in [-0.3, -0.25) is 9.59 Å². The Bertz CT molecular complexity index is 743. The monoisotopic (exact) mass is 369 g/mol. The van der Waals surface area contributed by atoms with Gasteiger partial charge < -0.3 is 14.8 Å². The number of carbonyl (C=O) groups is 2. The average molecular weight is 369 g/mol. The van der Waals surface area contributed by atoms with E-state index in [0.717, 1.165) is 29.5 Å². The van der Waals surface area contributed by atoms with E-state index in [0.29, 0.717) is 43.7 Å². The molecule has 0 aliphatic rings. The molecule has 27 heavy (non-hydrogen) atoms. The number of esters is 1. The largest absolute Gasteiger partial charge is 0.491 e. The van der Waals surface area contributed by atoms with E-state index in [2.05, 4.69) is 18.3 Å². The van der Waals surface area contributed by atoms with E-state index in [9.17, 15) is 9.59 Å². The highest BCUT2D eigenvalue weighted by Crippen LogP contribution is 2.38. The van der Waals surface area contributed by atoms with Crippen LogP contribution in [0.2, 0.25) is 0 Å². The minimum atomic E-state index is -0.218. The SMILES string of the molecule is CCCCOc1c(NC=O)cc(CCCC(=O)OC)cc1-c1ccccc1. The molecule has 0 heterocycles. The van der Waals surface area contributed by atoms with Crippen LogP contribution in [-0.4, -0.2) is 26.1 Å². The Morgan fingerprint density at radius 3 is 2.59 bits per heavy atom. The first-order valence-electron chi connectivity index (χ1n) is 9.31. The third kappa shape index (κ3) is 6.13. The maximum absolute atomic E-state index is 11.4. The third-order valence-corrected chi connectivity index (χ3v) is 4.27. The number of rotatable bonds is 11. The molecular formula is C22H27NO4. The molecule has 0 fully saturated rings. The van der Waals surface area contributed by atoms with Gasteiger partial charge in [-0.1, -0.05) is 43.7 Å². The second kappa shape index (κ2) is 11.0. The van der Waals surface area contributed by atoms with Gasteiger partial charge in [0, 0.05) is 12.0 Å². The molecule has 0 saturated heterocycles. The summed E-state index contributed by atoms with van der Waals surface area (Å²) in [6.07, 6.45) is 4.38. The smallest absolute Gasteiger partial charge is 0.305 e. The Morgan fingerprint density at radius 1 is 1.15 bits per heavy atom. The lowest BCUT2D eigenvalue weighted by atomic mass is 9.98. The predicted molar refractivity (Wildman–Crippen MR) is 107 cm³/mol. The van der Waals surface area contributed by atoms with Gasteiger partial charge in [-0.15, -0.1) is 0 Å². The number of ether oxygens (including phenoxy) is 2. The molecule has 0 aliphatic heterocycles. The Kier molecular flexibility index (Phi) is 8.36. The first-order valence-corrected chi connectivity index (χ1v) is 9.31. The molecule has 0 saturated carbocycles. The molecule has 0 bridgehead atoms. The number of methoxy groups -OCH3 is 1. The van der Waals surface area contributed by atoms with E-state index in [4.69, 9.17) is 9.47 Å². The maximum Gasteiger partial charge on any atom is 0.305 e. The Hall–Kier alpha value is -2.82. The molecule has 0 spiro atoms. The van der Waals surface area contributed by atoms with Gasteiger partial charge in [0.2, 0.25) is 6.41 Å². The summed E-state index contributed by atoms with van der Waals surface area (Å²) in [5, 5.41) is 2.77. The van der Waals surface area contributed by atoms with Crippen LogP contribution in [0.3, 0.4) is 0 Å². The van der Waals surface area contributed by atoms with Crippen molar-refractivity contribution >= 4 is 18.1 Å². The molecule has 2 rings (SSSR count). The van der Waals surface area contributed by atoms with Crippen LogP contribution in [0.1, 0.15) is 38.2 Å². The number of hydrogen-bond acceptors (Lipinski definition) is 4.